The van der Waals surface area contributed by atoms with Gasteiger partial charge in [-0.25, -0.2) is 13.6 Å². The fourth-order valence-electron chi connectivity index (χ4n) is 2.09. The van der Waals surface area contributed by atoms with Gasteiger partial charge in [0.05, 0.1) is 4.90 Å². The Morgan fingerprint density at radius 2 is 1.81 bits per heavy atom. The lowest BCUT2D eigenvalue weighted by Crippen LogP contribution is -2.24. The van der Waals surface area contributed by atoms with E-state index in [1.807, 2.05) is 26.8 Å². The van der Waals surface area contributed by atoms with Crippen LogP contribution >= 0.6 is 0 Å². The highest BCUT2D eigenvalue weighted by Gasteiger charge is 2.18. The van der Waals surface area contributed by atoms with Gasteiger partial charge in [0.1, 0.15) is 0 Å². The van der Waals surface area contributed by atoms with E-state index in [4.69, 9.17) is 5.14 Å². The third kappa shape index (κ3) is 5.52. The molecule has 6 heteroatoms. The van der Waals surface area contributed by atoms with Crippen LogP contribution in [0.2, 0.25) is 0 Å². The molecule has 0 spiro atoms. The Morgan fingerprint density at radius 1 is 1.19 bits per heavy atom. The minimum atomic E-state index is -3.67. The maximum Gasteiger partial charge on any atom is 0.238 e. The van der Waals surface area contributed by atoms with Crippen molar-refractivity contribution in [2.24, 2.45) is 5.14 Å². The Bertz CT molecular complexity index is 616. The number of hydrogen-bond donors (Lipinski definition) is 1. The zero-order valence-corrected chi connectivity index (χ0v) is 14.8. The molecule has 0 aliphatic heterocycles. The zero-order valence-electron chi connectivity index (χ0n) is 13.2. The number of nitrogens with two attached hydrogens (primary N) is 1. The standard InChI is InChI=1S/C15H25NO3S2/c1-12-13(9-7-10-14(12)21(16,18)19)8-5-6-11-20(17)15(2,3)4/h7,9-10H,5-6,8,11H2,1-4H3,(H2,16,18,19). The summed E-state index contributed by atoms with van der Waals surface area (Å²) in [5.41, 5.74) is 1.71. The second-order valence-corrected chi connectivity index (χ2v) is 10.1. The van der Waals surface area contributed by atoms with Gasteiger partial charge in [0.15, 0.2) is 0 Å². The molecule has 1 rings (SSSR count). The number of sulfonamides is 1. The summed E-state index contributed by atoms with van der Waals surface area (Å²) in [7, 11) is -4.50. The third-order valence-corrected chi connectivity index (χ3v) is 6.49. The second kappa shape index (κ2) is 7.03. The molecule has 0 heterocycles. The molecular formula is C15H25NO3S2. The average Bonchev–Trinajstić information content (AvgIpc) is 2.33. The van der Waals surface area contributed by atoms with E-state index in [1.165, 1.54) is 6.07 Å². The molecule has 0 aromatic heterocycles. The Morgan fingerprint density at radius 3 is 2.33 bits per heavy atom. The van der Waals surface area contributed by atoms with Crippen LogP contribution in [0.4, 0.5) is 0 Å². The summed E-state index contributed by atoms with van der Waals surface area (Å²) < 4.78 is 34.7. The Balaban J connectivity index is 2.64. The van der Waals surface area contributed by atoms with E-state index in [2.05, 4.69) is 0 Å². The number of primary sulfonamides is 1. The smallest absolute Gasteiger partial charge is 0.238 e. The quantitative estimate of drug-likeness (QED) is 0.814. The lowest BCUT2D eigenvalue weighted by Gasteiger charge is -2.17. The molecule has 120 valence electrons. The van der Waals surface area contributed by atoms with Crippen molar-refractivity contribution < 1.29 is 12.6 Å². The Kier molecular flexibility index (Phi) is 6.13. The molecule has 1 unspecified atom stereocenters. The Hall–Kier alpha value is -0.720. The molecule has 21 heavy (non-hydrogen) atoms. The van der Waals surface area contributed by atoms with Crippen LogP contribution < -0.4 is 5.14 Å². The van der Waals surface area contributed by atoms with Crippen LogP contribution in [0.15, 0.2) is 23.1 Å². The van der Waals surface area contributed by atoms with E-state index in [-0.39, 0.29) is 9.64 Å². The van der Waals surface area contributed by atoms with Gasteiger partial charge in [-0.1, -0.05) is 12.1 Å². The topological polar surface area (TPSA) is 77.2 Å². The summed E-state index contributed by atoms with van der Waals surface area (Å²) in [4.78, 5) is 0.193. The van der Waals surface area contributed by atoms with Gasteiger partial charge >= 0.3 is 0 Å². The van der Waals surface area contributed by atoms with Crippen molar-refractivity contribution in [3.63, 3.8) is 0 Å². The first-order chi connectivity index (χ1) is 9.53. The highest BCUT2D eigenvalue weighted by molar-refractivity contribution is 7.89. The van der Waals surface area contributed by atoms with E-state index >= 15 is 0 Å². The van der Waals surface area contributed by atoms with E-state index in [0.717, 1.165) is 30.4 Å². The van der Waals surface area contributed by atoms with Gasteiger partial charge in [0.25, 0.3) is 0 Å². The minimum absolute atomic E-state index is 0.177. The van der Waals surface area contributed by atoms with Crippen molar-refractivity contribution in [1.29, 1.82) is 0 Å². The van der Waals surface area contributed by atoms with Crippen molar-refractivity contribution in [2.75, 3.05) is 5.75 Å². The summed E-state index contributed by atoms with van der Waals surface area (Å²) in [6, 6.07) is 5.17. The number of rotatable bonds is 6. The van der Waals surface area contributed by atoms with Crippen LogP contribution in [0.5, 0.6) is 0 Å². The van der Waals surface area contributed by atoms with E-state index in [1.54, 1.807) is 13.0 Å². The molecule has 0 aliphatic rings. The average molecular weight is 332 g/mol. The maximum absolute atomic E-state index is 11.9. The molecule has 0 saturated heterocycles. The summed E-state index contributed by atoms with van der Waals surface area (Å²) in [5, 5.41) is 5.20. The van der Waals surface area contributed by atoms with Crippen LogP contribution in [-0.2, 0) is 27.2 Å². The first-order valence-corrected chi connectivity index (χ1v) is 9.90. The lowest BCUT2D eigenvalue weighted by atomic mass is 10.0. The van der Waals surface area contributed by atoms with E-state index < -0.39 is 20.8 Å². The lowest BCUT2D eigenvalue weighted by molar-refractivity contribution is 0.597. The van der Waals surface area contributed by atoms with Gasteiger partial charge in [-0.3, -0.25) is 4.21 Å². The van der Waals surface area contributed by atoms with E-state index in [9.17, 15) is 12.6 Å². The van der Waals surface area contributed by atoms with Crippen LogP contribution in [-0.4, -0.2) is 23.1 Å². The predicted molar refractivity (Wildman–Crippen MR) is 88.3 cm³/mol. The van der Waals surface area contributed by atoms with Crippen LogP contribution in [0.3, 0.4) is 0 Å². The maximum atomic E-state index is 11.9. The molecule has 0 radical (unpaired) electrons. The number of hydrogen-bond acceptors (Lipinski definition) is 3. The summed E-state index contributed by atoms with van der Waals surface area (Å²) >= 11 is 0. The van der Waals surface area contributed by atoms with Crippen LogP contribution in [0.25, 0.3) is 0 Å². The van der Waals surface area contributed by atoms with Crippen molar-refractivity contribution in [3.05, 3.63) is 29.3 Å². The van der Waals surface area contributed by atoms with Gasteiger partial charge < -0.3 is 0 Å². The fourth-order valence-corrected chi connectivity index (χ4v) is 4.00. The normalized spacial score (nSPS) is 14.1. The van der Waals surface area contributed by atoms with Crippen molar-refractivity contribution >= 4 is 20.8 Å². The SMILES string of the molecule is Cc1c(CCCCS(=O)C(C)(C)C)cccc1S(N)(=O)=O. The van der Waals surface area contributed by atoms with Crippen molar-refractivity contribution in [2.45, 2.75) is 56.6 Å². The molecule has 1 atom stereocenters. The van der Waals surface area contributed by atoms with Crippen LogP contribution in [0, 0.1) is 6.92 Å². The molecule has 4 nitrogen and oxygen atoms in total. The van der Waals surface area contributed by atoms with Crippen molar-refractivity contribution in [3.8, 4) is 0 Å². The van der Waals surface area contributed by atoms with Gasteiger partial charge in [-0.2, -0.15) is 0 Å². The van der Waals surface area contributed by atoms with Gasteiger partial charge in [0.2, 0.25) is 10.0 Å². The van der Waals surface area contributed by atoms with Gasteiger partial charge in [0, 0.05) is 21.3 Å². The molecule has 2 N–H and O–H groups in total. The minimum Gasteiger partial charge on any atom is -0.259 e. The van der Waals surface area contributed by atoms with Gasteiger partial charge in [-0.15, -0.1) is 0 Å². The molecule has 0 bridgehead atoms. The number of aryl methyl sites for hydroxylation is 1. The first kappa shape index (κ1) is 18.3. The molecule has 0 aliphatic carbocycles. The molecule has 1 aromatic rings. The molecule has 0 amide bonds. The van der Waals surface area contributed by atoms with E-state index in [0.29, 0.717) is 5.75 Å². The summed E-state index contributed by atoms with van der Waals surface area (Å²) in [6.45, 7) is 7.71. The number of benzene rings is 1. The fraction of sp³-hybridized carbons (Fsp3) is 0.600. The molecule has 0 saturated carbocycles. The Labute approximate surface area is 130 Å². The highest BCUT2D eigenvalue weighted by Crippen LogP contribution is 2.20. The van der Waals surface area contributed by atoms with Gasteiger partial charge in [-0.05, 0) is 64.2 Å². The third-order valence-electron chi connectivity index (χ3n) is 3.41. The van der Waals surface area contributed by atoms with Crippen molar-refractivity contribution in [1.82, 2.24) is 0 Å². The molecular weight excluding hydrogens is 306 g/mol. The molecule has 0 fully saturated rings. The predicted octanol–water partition coefficient (Wildman–Crippen LogP) is 2.51. The highest BCUT2D eigenvalue weighted by atomic mass is 32.2. The second-order valence-electron chi connectivity index (χ2n) is 6.20. The molecule has 1 aromatic carbocycles. The monoisotopic (exact) mass is 331 g/mol. The first-order valence-electron chi connectivity index (χ1n) is 7.03. The van der Waals surface area contributed by atoms with Crippen LogP contribution in [0.1, 0.15) is 44.7 Å². The summed E-state index contributed by atoms with van der Waals surface area (Å²) in [5.74, 6) is 0.678. The number of unbranched alkanes of at least 4 members (excludes halogenated alkanes) is 1. The zero-order chi connectivity index (χ0) is 16.3. The largest absolute Gasteiger partial charge is 0.259 e. The summed E-state index contributed by atoms with van der Waals surface area (Å²) in [6.07, 6.45) is 2.52.